The molecule has 1 heterocycles. The molecule has 1 fully saturated rings. The van der Waals surface area contributed by atoms with E-state index in [-0.39, 0.29) is 43.4 Å². The standard InChI is InChI=1S/C24H24ClNO4/c1-16(17-6-4-3-5-7-17)12-23(28)26-15-21(27)10-8-18(24(26)29)13-19-14-20(25)9-11-22(19)30-2/h3-7,9,11,13-14,16H,8,10,12,15H2,1-2H3/b18-13+/t16-/m0/s1. The molecule has 1 saturated heterocycles. The van der Waals surface area contributed by atoms with Crippen molar-refractivity contribution in [1.82, 2.24) is 4.90 Å². The third-order valence-corrected chi connectivity index (χ3v) is 5.43. The molecule has 2 amide bonds. The topological polar surface area (TPSA) is 63.7 Å². The highest BCUT2D eigenvalue weighted by Crippen LogP contribution is 2.28. The van der Waals surface area contributed by atoms with Gasteiger partial charge in [0.15, 0.2) is 5.78 Å². The molecular formula is C24H24ClNO4. The summed E-state index contributed by atoms with van der Waals surface area (Å²) in [6.07, 6.45) is 2.28. The zero-order valence-corrected chi connectivity index (χ0v) is 17.8. The van der Waals surface area contributed by atoms with Crippen LogP contribution in [0.25, 0.3) is 6.08 Å². The normalized spacial score (nSPS) is 17.0. The van der Waals surface area contributed by atoms with Gasteiger partial charge in [-0.05, 0) is 42.2 Å². The fourth-order valence-electron chi connectivity index (χ4n) is 3.49. The molecule has 0 bridgehead atoms. The maximum atomic E-state index is 13.2. The van der Waals surface area contributed by atoms with Gasteiger partial charge in [0.1, 0.15) is 5.75 Å². The van der Waals surface area contributed by atoms with Crippen LogP contribution in [0.15, 0.2) is 54.1 Å². The first kappa shape index (κ1) is 21.8. The van der Waals surface area contributed by atoms with E-state index in [1.807, 2.05) is 37.3 Å². The Kier molecular flexibility index (Phi) is 7.06. The van der Waals surface area contributed by atoms with Crippen molar-refractivity contribution in [2.45, 2.75) is 32.1 Å². The fourth-order valence-corrected chi connectivity index (χ4v) is 3.67. The Hall–Kier alpha value is -2.92. The third-order valence-electron chi connectivity index (χ3n) is 5.20. The number of rotatable bonds is 5. The minimum absolute atomic E-state index is 0.0645. The number of imide groups is 1. The van der Waals surface area contributed by atoms with Crippen LogP contribution >= 0.6 is 11.6 Å². The van der Waals surface area contributed by atoms with E-state index in [0.29, 0.717) is 21.9 Å². The number of carbonyl (C=O) groups excluding carboxylic acids is 3. The zero-order chi connectivity index (χ0) is 21.7. The quantitative estimate of drug-likeness (QED) is 0.654. The van der Waals surface area contributed by atoms with Crippen LogP contribution in [0.1, 0.15) is 43.2 Å². The lowest BCUT2D eigenvalue weighted by Crippen LogP contribution is -2.39. The van der Waals surface area contributed by atoms with Crippen LogP contribution in [0.4, 0.5) is 0 Å². The molecule has 0 spiro atoms. The van der Waals surface area contributed by atoms with Gasteiger partial charge in [-0.15, -0.1) is 0 Å². The molecule has 5 nitrogen and oxygen atoms in total. The first-order chi connectivity index (χ1) is 14.4. The predicted octanol–water partition coefficient (Wildman–Crippen LogP) is 4.64. The Morgan fingerprint density at radius 1 is 1.17 bits per heavy atom. The first-order valence-electron chi connectivity index (χ1n) is 9.84. The molecule has 3 rings (SSSR count). The molecule has 0 aliphatic carbocycles. The van der Waals surface area contributed by atoms with Crippen LogP contribution in [-0.4, -0.2) is 36.2 Å². The summed E-state index contributed by atoms with van der Waals surface area (Å²) >= 11 is 6.09. The predicted molar refractivity (Wildman–Crippen MR) is 116 cm³/mol. The Balaban J connectivity index is 1.86. The summed E-state index contributed by atoms with van der Waals surface area (Å²) in [4.78, 5) is 39.4. The highest BCUT2D eigenvalue weighted by atomic mass is 35.5. The van der Waals surface area contributed by atoms with Crippen molar-refractivity contribution in [3.63, 3.8) is 0 Å². The monoisotopic (exact) mass is 425 g/mol. The number of carbonyl (C=O) groups is 3. The van der Waals surface area contributed by atoms with Crippen molar-refractivity contribution in [3.8, 4) is 5.75 Å². The molecule has 2 aromatic rings. The number of hydrogen-bond acceptors (Lipinski definition) is 4. The molecule has 0 unspecified atom stereocenters. The Morgan fingerprint density at radius 2 is 1.90 bits per heavy atom. The fraction of sp³-hybridized carbons (Fsp3) is 0.292. The van der Waals surface area contributed by atoms with Crippen LogP contribution in [-0.2, 0) is 14.4 Å². The number of halogens is 1. The molecule has 1 atom stereocenters. The van der Waals surface area contributed by atoms with E-state index in [1.165, 1.54) is 7.11 Å². The number of hydrogen-bond donors (Lipinski definition) is 0. The summed E-state index contributed by atoms with van der Waals surface area (Å²) in [5.41, 5.74) is 2.04. The maximum Gasteiger partial charge on any atom is 0.256 e. The number of nitrogens with zero attached hydrogens (tertiary/aromatic N) is 1. The van der Waals surface area contributed by atoms with E-state index in [0.717, 1.165) is 10.5 Å². The molecule has 2 aromatic carbocycles. The van der Waals surface area contributed by atoms with Crippen LogP contribution in [0, 0.1) is 0 Å². The average molecular weight is 426 g/mol. The van der Waals surface area contributed by atoms with Gasteiger partial charge in [-0.25, -0.2) is 0 Å². The van der Waals surface area contributed by atoms with Gasteiger partial charge in [0.05, 0.1) is 13.7 Å². The van der Waals surface area contributed by atoms with Crippen molar-refractivity contribution >= 4 is 35.3 Å². The lowest BCUT2D eigenvalue weighted by molar-refractivity contribution is -0.144. The second-order valence-corrected chi connectivity index (χ2v) is 7.83. The average Bonchev–Trinajstić information content (AvgIpc) is 2.88. The Bertz CT molecular complexity index is 984. The maximum absolute atomic E-state index is 13.2. The van der Waals surface area contributed by atoms with Crippen LogP contribution in [0.2, 0.25) is 5.02 Å². The van der Waals surface area contributed by atoms with Crippen molar-refractivity contribution in [3.05, 3.63) is 70.3 Å². The summed E-state index contributed by atoms with van der Waals surface area (Å²) in [6.45, 7) is 1.74. The molecule has 0 radical (unpaired) electrons. The second kappa shape index (κ2) is 9.72. The number of Topliss-reactive ketones (excluding diaryl/α,β-unsaturated/α-hetero) is 1. The molecule has 0 N–H and O–H groups in total. The molecular weight excluding hydrogens is 402 g/mol. The number of ketones is 1. The van der Waals surface area contributed by atoms with Gasteiger partial charge in [0.25, 0.3) is 5.91 Å². The Labute approximate surface area is 181 Å². The summed E-state index contributed by atoms with van der Waals surface area (Å²) in [5.74, 6) is -0.426. The molecule has 6 heteroatoms. The Morgan fingerprint density at radius 3 is 2.60 bits per heavy atom. The van der Waals surface area contributed by atoms with Crippen LogP contribution in [0.3, 0.4) is 0 Å². The number of amides is 2. The minimum Gasteiger partial charge on any atom is -0.496 e. The van der Waals surface area contributed by atoms with Gasteiger partial charge in [-0.1, -0.05) is 48.9 Å². The number of benzene rings is 2. The van der Waals surface area contributed by atoms with Crippen molar-refractivity contribution < 1.29 is 19.1 Å². The molecule has 30 heavy (non-hydrogen) atoms. The van der Waals surface area contributed by atoms with Gasteiger partial charge < -0.3 is 4.74 Å². The van der Waals surface area contributed by atoms with E-state index in [2.05, 4.69) is 0 Å². The molecule has 0 saturated carbocycles. The summed E-state index contributed by atoms with van der Waals surface area (Å²) < 4.78 is 5.34. The van der Waals surface area contributed by atoms with Crippen LogP contribution in [0.5, 0.6) is 5.75 Å². The lowest BCUT2D eigenvalue weighted by atomic mass is 9.97. The summed E-state index contributed by atoms with van der Waals surface area (Å²) in [7, 11) is 1.53. The van der Waals surface area contributed by atoms with Crippen molar-refractivity contribution in [2.75, 3.05) is 13.7 Å². The zero-order valence-electron chi connectivity index (χ0n) is 17.1. The van der Waals surface area contributed by atoms with Gasteiger partial charge in [-0.2, -0.15) is 0 Å². The largest absolute Gasteiger partial charge is 0.496 e. The van der Waals surface area contributed by atoms with Gasteiger partial charge in [-0.3, -0.25) is 19.3 Å². The smallest absolute Gasteiger partial charge is 0.256 e. The van der Waals surface area contributed by atoms with E-state index in [9.17, 15) is 14.4 Å². The molecule has 156 valence electrons. The number of likely N-dealkylation sites (tertiary alicyclic amines) is 1. The molecule has 1 aliphatic heterocycles. The summed E-state index contributed by atoms with van der Waals surface area (Å²) in [5, 5.41) is 0.504. The highest BCUT2D eigenvalue weighted by molar-refractivity contribution is 6.30. The van der Waals surface area contributed by atoms with E-state index in [4.69, 9.17) is 16.3 Å². The van der Waals surface area contributed by atoms with Crippen LogP contribution < -0.4 is 4.74 Å². The van der Waals surface area contributed by atoms with Gasteiger partial charge in [0, 0.05) is 29.0 Å². The van der Waals surface area contributed by atoms with Crippen molar-refractivity contribution in [2.24, 2.45) is 0 Å². The minimum atomic E-state index is -0.437. The number of ether oxygens (including phenoxy) is 1. The molecule has 0 aromatic heterocycles. The summed E-state index contributed by atoms with van der Waals surface area (Å²) in [6, 6.07) is 14.7. The van der Waals surface area contributed by atoms with E-state index >= 15 is 0 Å². The number of methoxy groups -OCH3 is 1. The van der Waals surface area contributed by atoms with Gasteiger partial charge >= 0.3 is 0 Å². The molecule has 1 aliphatic rings. The van der Waals surface area contributed by atoms with Gasteiger partial charge in [0.2, 0.25) is 5.91 Å². The SMILES string of the molecule is COc1ccc(Cl)cc1/C=C1\CCC(=O)CN(C(=O)C[C@H](C)c2ccccc2)C1=O. The first-order valence-corrected chi connectivity index (χ1v) is 10.2. The second-order valence-electron chi connectivity index (χ2n) is 7.40. The van der Waals surface area contributed by atoms with E-state index < -0.39 is 5.91 Å². The lowest BCUT2D eigenvalue weighted by Gasteiger charge is -2.21. The third kappa shape index (κ3) is 5.16. The highest BCUT2D eigenvalue weighted by Gasteiger charge is 2.31. The van der Waals surface area contributed by atoms with Crippen molar-refractivity contribution in [1.29, 1.82) is 0 Å². The van der Waals surface area contributed by atoms with E-state index in [1.54, 1.807) is 24.3 Å².